The fraction of sp³-hybridized carbons (Fsp3) is 0.143. The van der Waals surface area contributed by atoms with Crippen LogP contribution in [0.2, 0.25) is 0 Å². The number of carbonyl (C=O) groups excluding carboxylic acids is 1. The van der Waals surface area contributed by atoms with E-state index in [9.17, 15) is 9.18 Å². The maximum absolute atomic E-state index is 12.9. The minimum absolute atomic E-state index is 0.277. The molecule has 2 aromatic rings. The first-order valence-corrected chi connectivity index (χ1v) is 6.74. The van der Waals surface area contributed by atoms with Gasteiger partial charge in [0.15, 0.2) is 5.13 Å². The lowest BCUT2D eigenvalue weighted by Crippen LogP contribution is -2.07. The van der Waals surface area contributed by atoms with Crippen molar-refractivity contribution in [1.29, 1.82) is 0 Å². The van der Waals surface area contributed by atoms with Crippen LogP contribution in [0.3, 0.4) is 0 Å². The van der Waals surface area contributed by atoms with E-state index in [0.717, 1.165) is 12.1 Å². The number of carbonyl (C=O) groups is 1. The summed E-state index contributed by atoms with van der Waals surface area (Å²) in [6, 6.07) is 6.05. The van der Waals surface area contributed by atoms with Crippen LogP contribution in [0.15, 0.2) is 35.7 Å². The summed E-state index contributed by atoms with van der Waals surface area (Å²) in [6.45, 7) is 2.00. The van der Waals surface area contributed by atoms with E-state index in [1.807, 2.05) is 12.3 Å². The smallest absolute Gasteiger partial charge is 0.250 e. The van der Waals surface area contributed by atoms with E-state index in [0.29, 0.717) is 10.7 Å². The van der Waals surface area contributed by atoms with Gasteiger partial charge in [0.25, 0.3) is 0 Å². The lowest BCUT2D eigenvalue weighted by atomic mass is 10.2. The second-order valence-electron chi connectivity index (χ2n) is 3.88. The van der Waals surface area contributed by atoms with Gasteiger partial charge in [-0.1, -0.05) is 19.1 Å². The second kappa shape index (κ2) is 6.24. The zero-order valence-corrected chi connectivity index (χ0v) is 11.2. The predicted octanol–water partition coefficient (Wildman–Crippen LogP) is 3.50. The van der Waals surface area contributed by atoms with Crippen LogP contribution in [0.25, 0.3) is 6.08 Å². The van der Waals surface area contributed by atoms with E-state index in [1.54, 1.807) is 18.2 Å². The number of hydrogen-bond donors (Lipinski definition) is 1. The minimum atomic E-state index is -0.324. The van der Waals surface area contributed by atoms with Crippen LogP contribution in [0.5, 0.6) is 0 Å². The highest BCUT2D eigenvalue weighted by molar-refractivity contribution is 7.13. The van der Waals surface area contributed by atoms with Crippen molar-refractivity contribution in [3.63, 3.8) is 0 Å². The van der Waals surface area contributed by atoms with Crippen LogP contribution in [-0.2, 0) is 11.2 Å². The molecule has 1 aromatic carbocycles. The first kappa shape index (κ1) is 13.4. The van der Waals surface area contributed by atoms with E-state index in [2.05, 4.69) is 10.3 Å². The van der Waals surface area contributed by atoms with Gasteiger partial charge in [-0.15, -0.1) is 11.3 Å². The van der Waals surface area contributed by atoms with Gasteiger partial charge >= 0.3 is 0 Å². The lowest BCUT2D eigenvalue weighted by molar-refractivity contribution is -0.111. The monoisotopic (exact) mass is 276 g/mol. The molecular weight excluding hydrogens is 263 g/mol. The van der Waals surface area contributed by atoms with Crippen molar-refractivity contribution in [3.05, 3.63) is 52.8 Å². The Morgan fingerprint density at radius 3 is 3.05 bits per heavy atom. The summed E-state index contributed by atoms with van der Waals surface area (Å²) in [7, 11) is 0. The molecule has 1 amide bonds. The van der Waals surface area contributed by atoms with Crippen molar-refractivity contribution in [1.82, 2.24) is 4.98 Å². The molecule has 1 aromatic heterocycles. The first-order valence-electron chi connectivity index (χ1n) is 5.86. The number of aromatic nitrogens is 1. The molecule has 0 unspecified atom stereocenters. The molecule has 0 aliphatic heterocycles. The second-order valence-corrected chi connectivity index (χ2v) is 4.73. The molecule has 1 heterocycles. The van der Waals surface area contributed by atoms with Gasteiger partial charge in [-0.2, -0.15) is 0 Å². The van der Waals surface area contributed by atoms with E-state index < -0.39 is 0 Å². The third kappa shape index (κ3) is 3.99. The minimum Gasteiger partial charge on any atom is -0.298 e. The van der Waals surface area contributed by atoms with Crippen LogP contribution in [0.1, 0.15) is 18.2 Å². The standard InChI is InChI=1S/C14H13FN2OS/c1-2-12-9-19-14(16-12)17-13(18)7-6-10-4-3-5-11(15)8-10/h3-9H,2H2,1H3,(H,16,17,18). The molecule has 2 rings (SSSR count). The maximum Gasteiger partial charge on any atom is 0.250 e. The van der Waals surface area contributed by atoms with Crippen LogP contribution in [0.4, 0.5) is 9.52 Å². The van der Waals surface area contributed by atoms with Gasteiger partial charge in [-0.25, -0.2) is 9.37 Å². The molecule has 0 aliphatic carbocycles. The summed E-state index contributed by atoms with van der Waals surface area (Å²) < 4.78 is 12.9. The summed E-state index contributed by atoms with van der Waals surface area (Å²) in [5.41, 5.74) is 1.60. The van der Waals surface area contributed by atoms with Crippen LogP contribution >= 0.6 is 11.3 Å². The number of nitrogens with one attached hydrogen (secondary N) is 1. The van der Waals surface area contributed by atoms with Crippen LogP contribution < -0.4 is 5.32 Å². The van der Waals surface area contributed by atoms with Crippen LogP contribution in [0, 0.1) is 5.82 Å². The SMILES string of the molecule is CCc1csc(NC(=O)C=Cc2cccc(F)c2)n1. The molecule has 0 radical (unpaired) electrons. The molecule has 0 spiro atoms. The Labute approximate surface area is 114 Å². The fourth-order valence-electron chi connectivity index (χ4n) is 1.46. The van der Waals surface area contributed by atoms with Crippen molar-refractivity contribution < 1.29 is 9.18 Å². The third-order valence-corrected chi connectivity index (χ3v) is 3.23. The molecule has 0 saturated heterocycles. The molecule has 0 saturated carbocycles. The lowest BCUT2D eigenvalue weighted by Gasteiger charge is -1.96. The Morgan fingerprint density at radius 2 is 2.37 bits per heavy atom. The number of benzene rings is 1. The number of rotatable bonds is 4. The van der Waals surface area contributed by atoms with Crippen molar-refractivity contribution in [2.75, 3.05) is 5.32 Å². The molecule has 5 heteroatoms. The predicted molar refractivity (Wildman–Crippen MR) is 75.6 cm³/mol. The highest BCUT2D eigenvalue weighted by Crippen LogP contribution is 2.15. The van der Waals surface area contributed by atoms with Gasteiger partial charge in [-0.3, -0.25) is 10.1 Å². The summed E-state index contributed by atoms with van der Waals surface area (Å²) in [5.74, 6) is -0.601. The number of thiazole rings is 1. The van der Waals surface area contributed by atoms with E-state index in [4.69, 9.17) is 0 Å². The molecule has 0 atom stereocenters. The largest absolute Gasteiger partial charge is 0.298 e. The molecule has 0 aliphatic rings. The average molecular weight is 276 g/mol. The Balaban J connectivity index is 1.97. The number of halogens is 1. The molecule has 19 heavy (non-hydrogen) atoms. The third-order valence-electron chi connectivity index (χ3n) is 2.42. The van der Waals surface area contributed by atoms with Crippen molar-refractivity contribution in [2.45, 2.75) is 13.3 Å². The van der Waals surface area contributed by atoms with Gasteiger partial charge in [0.2, 0.25) is 5.91 Å². The van der Waals surface area contributed by atoms with E-state index in [-0.39, 0.29) is 11.7 Å². The van der Waals surface area contributed by atoms with Gasteiger partial charge < -0.3 is 0 Å². The Bertz CT molecular complexity index is 607. The number of nitrogens with zero attached hydrogens (tertiary/aromatic N) is 1. The van der Waals surface area contributed by atoms with Crippen molar-refractivity contribution >= 4 is 28.5 Å². The quantitative estimate of drug-likeness (QED) is 0.868. The zero-order chi connectivity index (χ0) is 13.7. The van der Waals surface area contributed by atoms with E-state index >= 15 is 0 Å². The Morgan fingerprint density at radius 1 is 1.53 bits per heavy atom. The average Bonchev–Trinajstić information content (AvgIpc) is 2.84. The van der Waals surface area contributed by atoms with Gasteiger partial charge in [0.05, 0.1) is 5.69 Å². The van der Waals surface area contributed by atoms with Gasteiger partial charge in [-0.05, 0) is 30.2 Å². The Hall–Kier alpha value is -2.01. The summed E-state index contributed by atoms with van der Waals surface area (Å²) >= 11 is 1.39. The first-order chi connectivity index (χ1) is 9.17. The highest BCUT2D eigenvalue weighted by Gasteiger charge is 2.02. The molecule has 98 valence electrons. The van der Waals surface area contributed by atoms with Gasteiger partial charge in [0.1, 0.15) is 5.82 Å². The molecular formula is C14H13FN2OS. The van der Waals surface area contributed by atoms with E-state index in [1.165, 1.54) is 29.5 Å². The maximum atomic E-state index is 12.9. The highest BCUT2D eigenvalue weighted by atomic mass is 32.1. The van der Waals surface area contributed by atoms with Crippen molar-refractivity contribution in [3.8, 4) is 0 Å². The molecule has 1 N–H and O–H groups in total. The normalized spacial score (nSPS) is 10.8. The molecule has 0 fully saturated rings. The Kier molecular flexibility index (Phi) is 4.41. The number of aryl methyl sites for hydroxylation is 1. The number of anilines is 1. The topological polar surface area (TPSA) is 42.0 Å². The fourth-order valence-corrected chi connectivity index (χ4v) is 2.25. The van der Waals surface area contributed by atoms with Crippen LogP contribution in [-0.4, -0.2) is 10.9 Å². The number of amides is 1. The van der Waals surface area contributed by atoms with Crippen molar-refractivity contribution in [2.24, 2.45) is 0 Å². The summed E-state index contributed by atoms with van der Waals surface area (Å²) in [5, 5.41) is 5.15. The summed E-state index contributed by atoms with van der Waals surface area (Å²) in [4.78, 5) is 15.9. The van der Waals surface area contributed by atoms with Gasteiger partial charge in [0, 0.05) is 11.5 Å². The zero-order valence-electron chi connectivity index (χ0n) is 10.4. The summed E-state index contributed by atoms with van der Waals surface area (Å²) in [6.07, 6.45) is 3.76. The molecule has 3 nitrogen and oxygen atoms in total. The number of hydrogen-bond acceptors (Lipinski definition) is 3. The molecule has 0 bridgehead atoms.